The number of hydrogen-bond donors (Lipinski definition) is 1. The first-order chi connectivity index (χ1) is 6.55. The zero-order valence-electron chi connectivity index (χ0n) is 7.77. The predicted octanol–water partition coefficient (Wildman–Crippen LogP) is 2.02. The van der Waals surface area contributed by atoms with Crippen LogP contribution in [0.5, 0.6) is 0 Å². The van der Waals surface area contributed by atoms with Gasteiger partial charge in [-0.15, -0.1) is 0 Å². The summed E-state index contributed by atoms with van der Waals surface area (Å²) < 4.78 is 24.9. The number of benzene rings is 1. The van der Waals surface area contributed by atoms with Gasteiger partial charge in [-0.2, -0.15) is 0 Å². The lowest BCUT2D eigenvalue weighted by Crippen LogP contribution is -2.27. The summed E-state index contributed by atoms with van der Waals surface area (Å²) in [7, 11) is -3.20. The number of halogens is 1. The maximum atomic E-state index is 11.2. The van der Waals surface area contributed by atoms with Gasteiger partial charge >= 0.3 is 0 Å². The fourth-order valence-corrected chi connectivity index (χ4v) is 2.24. The van der Waals surface area contributed by atoms with Gasteiger partial charge < -0.3 is 0 Å². The van der Waals surface area contributed by atoms with Gasteiger partial charge in [0.15, 0.2) is 0 Å². The van der Waals surface area contributed by atoms with Crippen LogP contribution in [0.25, 0.3) is 0 Å². The van der Waals surface area contributed by atoms with Crippen LogP contribution in [0.1, 0.15) is 18.5 Å². The molecule has 5 heteroatoms. The fraction of sp³-hybridized carbons (Fsp3) is 0.333. The van der Waals surface area contributed by atoms with Gasteiger partial charge in [-0.3, -0.25) is 0 Å². The average Bonchev–Trinajstić information content (AvgIpc) is 2.19. The maximum absolute atomic E-state index is 11.2. The molecule has 0 spiro atoms. The van der Waals surface area contributed by atoms with Crippen molar-refractivity contribution in [3.05, 3.63) is 35.9 Å². The van der Waals surface area contributed by atoms with Crippen molar-refractivity contribution in [2.75, 3.05) is 4.66 Å². The Morgan fingerprint density at radius 1 is 1.36 bits per heavy atom. The van der Waals surface area contributed by atoms with Crippen LogP contribution in [0.3, 0.4) is 0 Å². The highest BCUT2D eigenvalue weighted by molar-refractivity contribution is 9.10. The van der Waals surface area contributed by atoms with Gasteiger partial charge in [-0.05, 0) is 12.5 Å². The van der Waals surface area contributed by atoms with Crippen LogP contribution in [0.15, 0.2) is 30.3 Å². The largest absolute Gasteiger partial charge is 0.222 e. The second-order valence-electron chi connectivity index (χ2n) is 2.97. The van der Waals surface area contributed by atoms with Crippen molar-refractivity contribution in [3.8, 4) is 0 Å². The molecular weight excluding hydrogens is 266 g/mol. The van der Waals surface area contributed by atoms with E-state index < -0.39 is 10.0 Å². The standard InChI is InChI=1S/C9H12BrNO2S/c1-8(11-14(12,13)7-10)9-5-3-2-4-6-9/h2-6,8,11H,7H2,1H3. The van der Waals surface area contributed by atoms with Crippen LogP contribution < -0.4 is 4.72 Å². The normalized spacial score (nSPS) is 13.9. The number of alkyl halides is 1. The number of nitrogens with one attached hydrogen (secondary N) is 1. The van der Waals surface area contributed by atoms with Crippen LogP contribution in [-0.4, -0.2) is 13.1 Å². The van der Waals surface area contributed by atoms with Crippen LogP contribution in [0.2, 0.25) is 0 Å². The molecular formula is C9H12BrNO2S. The molecule has 78 valence electrons. The van der Waals surface area contributed by atoms with E-state index in [1.54, 1.807) is 0 Å². The molecule has 0 aliphatic carbocycles. The van der Waals surface area contributed by atoms with E-state index in [0.717, 1.165) is 5.56 Å². The zero-order valence-corrected chi connectivity index (χ0v) is 10.2. The Kier molecular flexibility index (Phi) is 4.10. The maximum Gasteiger partial charge on any atom is 0.222 e. The Morgan fingerprint density at radius 2 is 1.93 bits per heavy atom. The summed E-state index contributed by atoms with van der Waals surface area (Å²) in [4.78, 5) is 0. The SMILES string of the molecule is CC(NS(=O)(=O)CBr)c1ccccc1. The lowest BCUT2D eigenvalue weighted by atomic mass is 10.1. The van der Waals surface area contributed by atoms with Gasteiger partial charge in [0.1, 0.15) is 4.66 Å². The molecule has 0 amide bonds. The molecule has 0 saturated carbocycles. The van der Waals surface area contributed by atoms with E-state index in [4.69, 9.17) is 0 Å². The summed E-state index contributed by atoms with van der Waals surface area (Å²) in [5.74, 6) is 0. The highest BCUT2D eigenvalue weighted by Gasteiger charge is 2.13. The summed E-state index contributed by atoms with van der Waals surface area (Å²) in [6, 6.07) is 9.25. The zero-order chi connectivity index (χ0) is 10.6. The average molecular weight is 278 g/mol. The molecule has 1 N–H and O–H groups in total. The predicted molar refractivity (Wildman–Crippen MR) is 60.7 cm³/mol. The smallest absolute Gasteiger partial charge is 0.212 e. The highest BCUT2D eigenvalue weighted by atomic mass is 79.9. The third-order valence-electron chi connectivity index (χ3n) is 1.80. The molecule has 0 aliphatic rings. The second-order valence-corrected chi connectivity index (χ2v) is 6.03. The van der Waals surface area contributed by atoms with Crippen molar-refractivity contribution in [1.29, 1.82) is 0 Å². The molecule has 1 aromatic carbocycles. The fourth-order valence-electron chi connectivity index (χ4n) is 1.11. The molecule has 0 fully saturated rings. The topological polar surface area (TPSA) is 46.2 Å². The number of sulfonamides is 1. The van der Waals surface area contributed by atoms with E-state index in [1.165, 1.54) is 0 Å². The van der Waals surface area contributed by atoms with Crippen molar-refractivity contribution in [2.45, 2.75) is 13.0 Å². The highest BCUT2D eigenvalue weighted by Crippen LogP contribution is 2.12. The van der Waals surface area contributed by atoms with Gasteiger partial charge in [0.05, 0.1) is 0 Å². The molecule has 1 atom stereocenters. The molecule has 0 radical (unpaired) electrons. The van der Waals surface area contributed by atoms with Crippen LogP contribution in [-0.2, 0) is 10.0 Å². The van der Waals surface area contributed by atoms with E-state index in [-0.39, 0.29) is 10.7 Å². The third kappa shape index (κ3) is 3.40. The minimum absolute atomic E-state index is 0.0722. The van der Waals surface area contributed by atoms with E-state index in [1.807, 2.05) is 37.3 Å². The summed E-state index contributed by atoms with van der Waals surface area (Å²) in [5, 5.41) is 0. The van der Waals surface area contributed by atoms with Crippen molar-refractivity contribution in [1.82, 2.24) is 4.72 Å². The van der Waals surface area contributed by atoms with Crippen molar-refractivity contribution in [3.63, 3.8) is 0 Å². The van der Waals surface area contributed by atoms with Crippen molar-refractivity contribution >= 4 is 26.0 Å². The number of rotatable bonds is 4. The van der Waals surface area contributed by atoms with E-state index in [9.17, 15) is 8.42 Å². The van der Waals surface area contributed by atoms with Gasteiger partial charge in [-0.25, -0.2) is 13.1 Å². The molecule has 0 aliphatic heterocycles. The quantitative estimate of drug-likeness (QED) is 0.856. The van der Waals surface area contributed by atoms with Crippen LogP contribution >= 0.6 is 15.9 Å². The Labute approximate surface area is 92.7 Å². The minimum atomic E-state index is -3.20. The first-order valence-electron chi connectivity index (χ1n) is 4.16. The lowest BCUT2D eigenvalue weighted by Gasteiger charge is -2.12. The van der Waals surface area contributed by atoms with Crippen molar-refractivity contribution in [2.24, 2.45) is 0 Å². The summed E-state index contributed by atoms with van der Waals surface area (Å²) >= 11 is 2.92. The Balaban J connectivity index is 2.74. The third-order valence-corrected chi connectivity index (χ3v) is 4.61. The summed E-state index contributed by atoms with van der Waals surface area (Å²) in [6.45, 7) is 1.82. The summed E-state index contributed by atoms with van der Waals surface area (Å²) in [6.07, 6.45) is 0. The molecule has 1 rings (SSSR count). The Hall–Kier alpha value is -0.390. The molecule has 14 heavy (non-hydrogen) atoms. The Bertz CT molecular complexity index is 377. The second kappa shape index (κ2) is 4.91. The van der Waals surface area contributed by atoms with Gasteiger partial charge in [0.25, 0.3) is 0 Å². The molecule has 0 aromatic heterocycles. The molecule has 1 unspecified atom stereocenters. The van der Waals surface area contributed by atoms with Crippen LogP contribution in [0.4, 0.5) is 0 Å². The molecule has 0 bridgehead atoms. The first kappa shape index (κ1) is 11.7. The molecule has 1 aromatic rings. The molecule has 0 saturated heterocycles. The first-order valence-corrected chi connectivity index (χ1v) is 6.93. The van der Waals surface area contributed by atoms with Gasteiger partial charge in [0.2, 0.25) is 10.0 Å². The molecule has 0 heterocycles. The summed E-state index contributed by atoms with van der Waals surface area (Å²) in [5.41, 5.74) is 0.956. The van der Waals surface area contributed by atoms with Gasteiger partial charge in [-0.1, -0.05) is 46.3 Å². The van der Waals surface area contributed by atoms with Gasteiger partial charge in [0, 0.05) is 6.04 Å². The molecule has 3 nitrogen and oxygen atoms in total. The Morgan fingerprint density at radius 3 is 2.43 bits per heavy atom. The van der Waals surface area contributed by atoms with E-state index in [0.29, 0.717) is 0 Å². The van der Waals surface area contributed by atoms with Crippen molar-refractivity contribution < 1.29 is 8.42 Å². The van der Waals surface area contributed by atoms with E-state index in [2.05, 4.69) is 20.7 Å². The minimum Gasteiger partial charge on any atom is -0.212 e. The van der Waals surface area contributed by atoms with E-state index >= 15 is 0 Å². The lowest BCUT2D eigenvalue weighted by molar-refractivity contribution is 0.572. The van der Waals surface area contributed by atoms with Crippen LogP contribution in [0, 0.1) is 0 Å². The number of hydrogen-bond acceptors (Lipinski definition) is 2. The monoisotopic (exact) mass is 277 g/mol.